The Morgan fingerprint density at radius 1 is 0.197 bits per heavy atom. The van der Waals surface area contributed by atoms with Crippen molar-refractivity contribution in [1.82, 2.24) is 0 Å². The highest BCUT2D eigenvalue weighted by Gasteiger charge is 2.21. The zero-order valence-corrected chi connectivity index (χ0v) is 36.4. The molecule has 0 nitrogen and oxygen atoms in total. The molecule has 0 N–H and O–H groups in total. The third-order valence-electron chi connectivity index (χ3n) is 13.3. The van der Waals surface area contributed by atoms with Gasteiger partial charge in [0.25, 0.3) is 0 Å². The van der Waals surface area contributed by atoms with E-state index in [1.54, 1.807) is 0 Å². The van der Waals surface area contributed by atoms with E-state index in [9.17, 15) is 0 Å². The number of benzene rings is 12. The quantitative estimate of drug-likeness (QED) is 0.106. The molecule has 0 amide bonds. The largest absolute Gasteiger partial charge is 0.0622 e. The summed E-state index contributed by atoms with van der Waals surface area (Å²) in [5.41, 5.74) is 17.1. The maximum absolute atomic E-state index is 2.38. The molecular formula is C66H44. The van der Waals surface area contributed by atoms with Crippen molar-refractivity contribution in [3.8, 4) is 66.8 Å². The van der Waals surface area contributed by atoms with Crippen molar-refractivity contribution in [1.29, 1.82) is 0 Å². The fourth-order valence-electron chi connectivity index (χ4n) is 10.4. The Morgan fingerprint density at radius 3 is 1.05 bits per heavy atom. The van der Waals surface area contributed by atoms with Crippen LogP contribution in [0.5, 0.6) is 0 Å². The Hall–Kier alpha value is -8.58. The highest BCUT2D eigenvalue weighted by molar-refractivity contribution is 6.25. The zero-order valence-electron chi connectivity index (χ0n) is 36.4. The standard InChI is InChI=1S/C66H44/c1-4-24-47(25-5-1)62-55-34-14-16-36-57(55)64(58-37-17-15-35-56(58)62)51-31-20-30-50(44-51)52-32-12-10-22-45(52)42-43-46-23-11-13-33-53(46)54-40-21-41-61-63(48-26-6-2-7-27-48)59-38-18-19-39-60(59)65(66(54)61)49-28-8-3-9-29-49/h1-44H. The molecule has 0 saturated heterocycles. The molecule has 0 radical (unpaired) electrons. The van der Waals surface area contributed by atoms with Crippen molar-refractivity contribution in [2.75, 3.05) is 0 Å². The van der Waals surface area contributed by atoms with E-state index >= 15 is 0 Å². The van der Waals surface area contributed by atoms with Crippen LogP contribution in [-0.4, -0.2) is 0 Å². The summed E-state index contributed by atoms with van der Waals surface area (Å²) in [4.78, 5) is 0. The van der Waals surface area contributed by atoms with Crippen LogP contribution in [-0.2, 0) is 0 Å². The van der Waals surface area contributed by atoms with Gasteiger partial charge in [0.1, 0.15) is 0 Å². The molecular weight excluding hydrogens is 793 g/mol. The second-order valence-corrected chi connectivity index (χ2v) is 17.1. The number of hydrogen-bond acceptors (Lipinski definition) is 0. The van der Waals surface area contributed by atoms with Crippen molar-refractivity contribution in [3.63, 3.8) is 0 Å². The van der Waals surface area contributed by atoms with Gasteiger partial charge in [0.05, 0.1) is 0 Å². The minimum absolute atomic E-state index is 1.17. The second-order valence-electron chi connectivity index (χ2n) is 17.1. The van der Waals surface area contributed by atoms with E-state index in [4.69, 9.17) is 0 Å². The minimum atomic E-state index is 1.17. The van der Waals surface area contributed by atoms with Gasteiger partial charge in [-0.2, -0.15) is 0 Å². The van der Waals surface area contributed by atoms with Gasteiger partial charge < -0.3 is 0 Å². The Morgan fingerprint density at radius 2 is 0.515 bits per heavy atom. The summed E-state index contributed by atoms with van der Waals surface area (Å²) in [6.07, 6.45) is 4.61. The highest BCUT2D eigenvalue weighted by Crippen LogP contribution is 2.48. The first-order valence-electron chi connectivity index (χ1n) is 22.8. The Bertz CT molecular complexity index is 3730. The van der Waals surface area contributed by atoms with Gasteiger partial charge in [-0.05, 0) is 127 Å². The molecule has 0 aliphatic carbocycles. The number of rotatable bonds is 8. The lowest BCUT2D eigenvalue weighted by molar-refractivity contribution is 1.58. The molecule has 0 aromatic heterocycles. The second kappa shape index (κ2) is 16.8. The molecule has 0 bridgehead atoms. The van der Waals surface area contributed by atoms with Crippen molar-refractivity contribution in [2.45, 2.75) is 0 Å². The average Bonchev–Trinajstić information content (AvgIpc) is 3.39. The minimum Gasteiger partial charge on any atom is -0.0622 e. The first kappa shape index (κ1) is 39.0. The van der Waals surface area contributed by atoms with Gasteiger partial charge in [-0.25, -0.2) is 0 Å². The predicted octanol–water partition coefficient (Wildman–Crippen LogP) is 18.5. The van der Waals surface area contributed by atoms with E-state index in [0.717, 1.165) is 0 Å². The normalized spacial score (nSPS) is 11.6. The summed E-state index contributed by atoms with van der Waals surface area (Å²) in [7, 11) is 0. The van der Waals surface area contributed by atoms with E-state index in [1.807, 2.05) is 0 Å². The number of hydrogen-bond donors (Lipinski definition) is 0. The average molecular weight is 837 g/mol. The van der Waals surface area contributed by atoms with Crippen LogP contribution in [0.2, 0.25) is 0 Å². The van der Waals surface area contributed by atoms with Gasteiger partial charge >= 0.3 is 0 Å². The Balaban J connectivity index is 1.00. The summed E-state index contributed by atoms with van der Waals surface area (Å²) in [5, 5.41) is 10.0. The number of fused-ring (bicyclic) bond motifs is 4. The summed E-state index contributed by atoms with van der Waals surface area (Å²) in [5.74, 6) is 0. The van der Waals surface area contributed by atoms with Crippen LogP contribution >= 0.6 is 0 Å². The molecule has 0 saturated carbocycles. The van der Waals surface area contributed by atoms with Gasteiger partial charge in [-0.1, -0.05) is 261 Å². The zero-order chi connectivity index (χ0) is 43.8. The Labute approximate surface area is 386 Å². The molecule has 0 spiro atoms. The molecule has 0 aliphatic heterocycles. The first-order valence-corrected chi connectivity index (χ1v) is 22.8. The fourth-order valence-corrected chi connectivity index (χ4v) is 10.4. The summed E-state index contributed by atoms with van der Waals surface area (Å²) >= 11 is 0. The van der Waals surface area contributed by atoms with Gasteiger partial charge in [0.2, 0.25) is 0 Å². The van der Waals surface area contributed by atoms with Crippen LogP contribution in [0, 0.1) is 0 Å². The van der Waals surface area contributed by atoms with E-state index in [-0.39, 0.29) is 0 Å². The summed E-state index contributed by atoms with van der Waals surface area (Å²) < 4.78 is 0. The lowest BCUT2D eigenvalue weighted by Crippen LogP contribution is -1.94. The smallest absolute Gasteiger partial charge is 0.00139 e. The third-order valence-corrected chi connectivity index (χ3v) is 13.3. The van der Waals surface area contributed by atoms with E-state index in [0.29, 0.717) is 0 Å². The molecule has 0 unspecified atom stereocenters. The third kappa shape index (κ3) is 6.79. The van der Waals surface area contributed by atoms with Crippen LogP contribution < -0.4 is 0 Å². The monoisotopic (exact) mass is 836 g/mol. The summed E-state index contributed by atoms with van der Waals surface area (Å²) in [6.45, 7) is 0. The van der Waals surface area contributed by atoms with Gasteiger partial charge in [-0.15, -0.1) is 0 Å². The lowest BCUT2D eigenvalue weighted by Gasteiger charge is -2.21. The molecule has 308 valence electrons. The van der Waals surface area contributed by atoms with Crippen molar-refractivity contribution in [3.05, 3.63) is 266 Å². The maximum Gasteiger partial charge on any atom is -0.00139 e. The van der Waals surface area contributed by atoms with Crippen LogP contribution in [0.25, 0.3) is 122 Å². The van der Waals surface area contributed by atoms with Gasteiger partial charge in [-0.3, -0.25) is 0 Å². The lowest BCUT2D eigenvalue weighted by atomic mass is 9.82. The fraction of sp³-hybridized carbons (Fsp3) is 0. The molecule has 0 heteroatoms. The molecule has 12 aromatic rings. The molecule has 66 heavy (non-hydrogen) atoms. The topological polar surface area (TPSA) is 0 Å². The van der Waals surface area contributed by atoms with Crippen LogP contribution in [0.1, 0.15) is 11.1 Å². The van der Waals surface area contributed by atoms with Crippen LogP contribution in [0.15, 0.2) is 255 Å². The maximum atomic E-state index is 2.38. The van der Waals surface area contributed by atoms with Crippen molar-refractivity contribution in [2.24, 2.45) is 0 Å². The van der Waals surface area contributed by atoms with Gasteiger partial charge in [0.15, 0.2) is 0 Å². The predicted molar refractivity (Wildman–Crippen MR) is 284 cm³/mol. The van der Waals surface area contributed by atoms with E-state index in [2.05, 4.69) is 267 Å². The van der Waals surface area contributed by atoms with E-state index in [1.165, 1.54) is 121 Å². The first-order chi connectivity index (χ1) is 32.8. The SMILES string of the molecule is C(=Cc1ccccc1-c1cccc2c(-c3ccccc3)c3ccccc3c(-c3ccccc3)c12)c1ccccc1-c1cccc(-c2c3ccccc3c(-c3ccccc3)c3ccccc23)c1. The molecule has 12 aromatic carbocycles. The van der Waals surface area contributed by atoms with Gasteiger partial charge in [0, 0.05) is 0 Å². The summed E-state index contributed by atoms with van der Waals surface area (Å²) in [6, 6.07) is 93.0. The highest BCUT2D eigenvalue weighted by atomic mass is 14.2. The molecule has 0 heterocycles. The van der Waals surface area contributed by atoms with Crippen LogP contribution in [0.3, 0.4) is 0 Å². The molecule has 0 aliphatic rings. The molecule has 0 atom stereocenters. The van der Waals surface area contributed by atoms with E-state index < -0.39 is 0 Å². The van der Waals surface area contributed by atoms with Crippen molar-refractivity contribution < 1.29 is 0 Å². The Kier molecular flexibility index (Phi) is 9.97. The van der Waals surface area contributed by atoms with Crippen molar-refractivity contribution >= 4 is 55.2 Å². The molecule has 12 rings (SSSR count). The molecule has 0 fully saturated rings. The van der Waals surface area contributed by atoms with Crippen LogP contribution in [0.4, 0.5) is 0 Å².